The zero-order valence-corrected chi connectivity index (χ0v) is 12.6. The zero-order valence-electron chi connectivity index (χ0n) is 10.3. The van der Waals surface area contributed by atoms with Crippen LogP contribution in [0.2, 0.25) is 0 Å². The van der Waals surface area contributed by atoms with Crippen molar-refractivity contribution < 1.29 is 4.74 Å². The summed E-state index contributed by atoms with van der Waals surface area (Å²) >= 11 is 17.8. The number of hydrogen-bond donors (Lipinski definition) is 0. The standard InChI is InChI=1S/C11H21Cl3O/c1-9(2,3)7-15-8(10(4,5)6)11(12,13)14/h8H,7H2,1-6H3. The average molecular weight is 276 g/mol. The van der Waals surface area contributed by atoms with E-state index in [-0.39, 0.29) is 10.8 Å². The van der Waals surface area contributed by atoms with E-state index in [0.717, 1.165) is 0 Å². The fourth-order valence-corrected chi connectivity index (χ4v) is 2.34. The van der Waals surface area contributed by atoms with Crippen LogP contribution < -0.4 is 0 Å². The molecule has 0 aromatic heterocycles. The number of alkyl halides is 3. The van der Waals surface area contributed by atoms with Gasteiger partial charge in [0.1, 0.15) is 6.10 Å². The van der Waals surface area contributed by atoms with Crippen LogP contribution in [0.5, 0.6) is 0 Å². The Morgan fingerprint density at radius 2 is 1.33 bits per heavy atom. The van der Waals surface area contributed by atoms with Crippen molar-refractivity contribution in [1.29, 1.82) is 0 Å². The third kappa shape index (κ3) is 6.88. The van der Waals surface area contributed by atoms with Crippen LogP contribution in [-0.2, 0) is 4.74 Å². The Labute approximate surface area is 108 Å². The SMILES string of the molecule is CC(C)(C)COC(C(C)(C)C)C(Cl)(Cl)Cl. The van der Waals surface area contributed by atoms with Crippen molar-refractivity contribution in [3.8, 4) is 0 Å². The van der Waals surface area contributed by atoms with Crippen LogP contribution >= 0.6 is 34.8 Å². The van der Waals surface area contributed by atoms with E-state index < -0.39 is 9.90 Å². The molecule has 0 aliphatic heterocycles. The van der Waals surface area contributed by atoms with Gasteiger partial charge < -0.3 is 4.74 Å². The Kier molecular flexibility index (Phi) is 5.27. The van der Waals surface area contributed by atoms with Crippen molar-refractivity contribution in [3.63, 3.8) is 0 Å². The lowest BCUT2D eigenvalue weighted by Gasteiger charge is -2.37. The minimum absolute atomic E-state index is 0.0689. The maximum absolute atomic E-state index is 5.92. The summed E-state index contributed by atoms with van der Waals surface area (Å²) in [6, 6.07) is 0. The van der Waals surface area contributed by atoms with Crippen LogP contribution in [0.15, 0.2) is 0 Å². The summed E-state index contributed by atoms with van der Waals surface area (Å²) < 4.78 is 4.35. The molecule has 1 atom stereocenters. The molecule has 0 saturated carbocycles. The molecule has 0 spiro atoms. The first-order chi connectivity index (χ1) is 6.34. The number of halogens is 3. The Balaban J connectivity index is 4.56. The molecule has 0 aromatic carbocycles. The Hall–Kier alpha value is 0.830. The molecule has 0 fully saturated rings. The predicted octanol–water partition coefficient (Wildman–Crippen LogP) is 4.83. The first-order valence-electron chi connectivity index (χ1n) is 5.02. The van der Waals surface area contributed by atoms with E-state index in [1.54, 1.807) is 0 Å². The highest BCUT2D eigenvalue weighted by molar-refractivity contribution is 6.68. The van der Waals surface area contributed by atoms with E-state index >= 15 is 0 Å². The molecule has 0 saturated heterocycles. The number of ether oxygens (including phenoxy) is 1. The van der Waals surface area contributed by atoms with Gasteiger partial charge in [-0.2, -0.15) is 0 Å². The molecule has 0 radical (unpaired) electrons. The molecule has 0 N–H and O–H groups in total. The summed E-state index contributed by atoms with van der Waals surface area (Å²) in [5.74, 6) is 0. The maximum atomic E-state index is 5.92. The molecular weight excluding hydrogens is 254 g/mol. The summed E-state index contributed by atoms with van der Waals surface area (Å²) in [4.78, 5) is 0. The first-order valence-corrected chi connectivity index (χ1v) is 6.16. The maximum Gasteiger partial charge on any atom is 0.216 e. The smallest absolute Gasteiger partial charge is 0.216 e. The second-order valence-corrected chi connectivity index (χ2v) is 8.53. The molecule has 92 valence electrons. The van der Waals surface area contributed by atoms with Crippen molar-refractivity contribution in [2.75, 3.05) is 6.61 Å². The lowest BCUT2D eigenvalue weighted by molar-refractivity contribution is -0.0446. The summed E-state index contributed by atoms with van der Waals surface area (Å²) in [5.41, 5.74) is -0.129. The molecule has 1 nitrogen and oxygen atoms in total. The second-order valence-electron chi connectivity index (χ2n) is 6.16. The Morgan fingerprint density at radius 3 is 1.53 bits per heavy atom. The minimum Gasteiger partial charge on any atom is -0.373 e. The third-order valence-corrected chi connectivity index (χ3v) is 2.36. The molecule has 0 bridgehead atoms. The largest absolute Gasteiger partial charge is 0.373 e. The summed E-state index contributed by atoms with van der Waals surface area (Å²) in [7, 11) is 0. The lowest BCUT2D eigenvalue weighted by Crippen LogP contribution is -2.42. The molecule has 1 unspecified atom stereocenters. The van der Waals surface area contributed by atoms with Crippen molar-refractivity contribution in [2.45, 2.75) is 51.4 Å². The van der Waals surface area contributed by atoms with Crippen molar-refractivity contribution >= 4 is 34.8 Å². The van der Waals surface area contributed by atoms with Gasteiger partial charge in [0.25, 0.3) is 0 Å². The van der Waals surface area contributed by atoms with Gasteiger partial charge >= 0.3 is 0 Å². The van der Waals surface area contributed by atoms with Gasteiger partial charge in [0, 0.05) is 0 Å². The topological polar surface area (TPSA) is 9.23 Å². The van der Waals surface area contributed by atoms with Crippen LogP contribution in [0.1, 0.15) is 41.5 Å². The lowest BCUT2D eigenvalue weighted by atomic mass is 9.89. The van der Waals surface area contributed by atoms with Crippen LogP contribution in [0, 0.1) is 10.8 Å². The quantitative estimate of drug-likeness (QED) is 0.656. The first kappa shape index (κ1) is 15.8. The van der Waals surface area contributed by atoms with Gasteiger partial charge in [-0.15, -0.1) is 0 Å². The van der Waals surface area contributed by atoms with Gasteiger partial charge in [-0.25, -0.2) is 0 Å². The summed E-state index contributed by atoms with van der Waals surface area (Å²) in [6.07, 6.45) is -0.408. The fraction of sp³-hybridized carbons (Fsp3) is 1.00. The van der Waals surface area contributed by atoms with Crippen molar-refractivity contribution in [1.82, 2.24) is 0 Å². The molecule has 0 heterocycles. The van der Waals surface area contributed by atoms with E-state index in [2.05, 4.69) is 20.8 Å². The van der Waals surface area contributed by atoms with E-state index in [9.17, 15) is 0 Å². The summed E-state index contributed by atoms with van der Waals surface area (Å²) in [6.45, 7) is 12.8. The Bertz CT molecular complexity index is 181. The molecule has 4 heteroatoms. The number of hydrogen-bond acceptors (Lipinski definition) is 1. The highest BCUT2D eigenvalue weighted by atomic mass is 35.6. The van der Waals surface area contributed by atoms with E-state index in [0.29, 0.717) is 6.61 Å². The van der Waals surface area contributed by atoms with Crippen LogP contribution in [-0.4, -0.2) is 16.5 Å². The van der Waals surface area contributed by atoms with E-state index in [1.807, 2.05) is 20.8 Å². The Morgan fingerprint density at radius 1 is 0.933 bits per heavy atom. The molecule has 15 heavy (non-hydrogen) atoms. The van der Waals surface area contributed by atoms with Gasteiger partial charge in [0.05, 0.1) is 6.61 Å². The van der Waals surface area contributed by atoms with E-state index in [4.69, 9.17) is 39.5 Å². The molecule has 0 rings (SSSR count). The molecule has 0 aliphatic rings. The molecule has 0 aromatic rings. The van der Waals surface area contributed by atoms with Crippen molar-refractivity contribution in [3.05, 3.63) is 0 Å². The van der Waals surface area contributed by atoms with Crippen LogP contribution in [0.4, 0.5) is 0 Å². The van der Waals surface area contributed by atoms with Gasteiger partial charge in [-0.1, -0.05) is 76.3 Å². The molecular formula is C11H21Cl3O. The van der Waals surface area contributed by atoms with Gasteiger partial charge in [-0.3, -0.25) is 0 Å². The molecule has 0 amide bonds. The predicted molar refractivity (Wildman–Crippen MR) is 68.9 cm³/mol. The van der Waals surface area contributed by atoms with Gasteiger partial charge in [-0.05, 0) is 10.8 Å². The van der Waals surface area contributed by atoms with Gasteiger partial charge in [0.15, 0.2) is 0 Å². The highest BCUT2D eigenvalue weighted by Gasteiger charge is 2.42. The third-order valence-electron chi connectivity index (χ3n) is 1.77. The van der Waals surface area contributed by atoms with Crippen molar-refractivity contribution in [2.24, 2.45) is 10.8 Å². The fourth-order valence-electron chi connectivity index (χ4n) is 1.17. The molecule has 0 aliphatic carbocycles. The minimum atomic E-state index is -1.39. The van der Waals surface area contributed by atoms with Crippen LogP contribution in [0.25, 0.3) is 0 Å². The summed E-state index contributed by atoms with van der Waals surface area (Å²) in [5, 5.41) is 0. The van der Waals surface area contributed by atoms with E-state index in [1.165, 1.54) is 0 Å². The monoisotopic (exact) mass is 274 g/mol. The average Bonchev–Trinajstić information content (AvgIpc) is 1.75. The highest BCUT2D eigenvalue weighted by Crippen LogP contribution is 2.41. The van der Waals surface area contributed by atoms with Gasteiger partial charge in [0.2, 0.25) is 3.79 Å². The van der Waals surface area contributed by atoms with Crippen LogP contribution in [0.3, 0.4) is 0 Å². The second kappa shape index (κ2) is 5.00. The normalized spacial score (nSPS) is 16.6. The number of rotatable bonds is 2. The zero-order chi connectivity index (χ0) is 12.5.